The third-order valence-electron chi connectivity index (χ3n) is 2.99. The minimum atomic E-state index is -0.407. The molecule has 0 aromatic carbocycles. The van der Waals surface area contributed by atoms with Gasteiger partial charge in [0, 0.05) is 12.5 Å². The fourth-order valence-corrected chi connectivity index (χ4v) is 1.83. The molecule has 0 saturated heterocycles. The van der Waals surface area contributed by atoms with Crippen molar-refractivity contribution in [2.45, 2.75) is 32.2 Å². The molecule has 1 aromatic rings. The number of ketones is 1. The van der Waals surface area contributed by atoms with Crippen LogP contribution < -0.4 is 0 Å². The van der Waals surface area contributed by atoms with E-state index < -0.39 is 5.92 Å². The Morgan fingerprint density at radius 1 is 1.59 bits per heavy atom. The molecule has 0 amide bonds. The first kappa shape index (κ1) is 11.8. The highest BCUT2D eigenvalue weighted by atomic mass is 16.5. The van der Waals surface area contributed by atoms with E-state index in [-0.39, 0.29) is 18.2 Å². The highest BCUT2D eigenvalue weighted by Gasteiger charge is 2.28. The van der Waals surface area contributed by atoms with Gasteiger partial charge in [-0.2, -0.15) is 0 Å². The van der Waals surface area contributed by atoms with Crippen molar-refractivity contribution in [1.82, 2.24) is 9.55 Å². The Bertz CT molecular complexity index is 435. The molecule has 0 radical (unpaired) electrons. The molecule has 1 aromatic heterocycles. The molecule has 1 aliphatic rings. The van der Waals surface area contributed by atoms with Crippen LogP contribution in [0.15, 0.2) is 12.5 Å². The third-order valence-corrected chi connectivity index (χ3v) is 2.99. The van der Waals surface area contributed by atoms with Gasteiger partial charge in [-0.3, -0.25) is 9.59 Å². The zero-order chi connectivity index (χ0) is 12.4. The minimum absolute atomic E-state index is 0.0488. The van der Waals surface area contributed by atoms with Crippen molar-refractivity contribution in [3.05, 3.63) is 18.2 Å². The molecule has 0 bridgehead atoms. The third kappa shape index (κ3) is 2.54. The molecule has 17 heavy (non-hydrogen) atoms. The Hall–Kier alpha value is -1.65. The fraction of sp³-hybridized carbons (Fsp3) is 0.583. The first-order valence-corrected chi connectivity index (χ1v) is 5.76. The molecule has 2 rings (SSSR count). The number of carbonyl (C=O) groups is 2. The van der Waals surface area contributed by atoms with Crippen molar-refractivity contribution < 1.29 is 14.3 Å². The van der Waals surface area contributed by atoms with E-state index in [9.17, 15) is 9.59 Å². The molecule has 92 valence electrons. The number of hydrogen-bond acceptors (Lipinski definition) is 4. The van der Waals surface area contributed by atoms with Gasteiger partial charge in [-0.15, -0.1) is 0 Å². The van der Waals surface area contributed by atoms with E-state index in [2.05, 4.69) is 9.72 Å². The lowest BCUT2D eigenvalue weighted by molar-refractivity contribution is -0.144. The number of hydrogen-bond donors (Lipinski definition) is 0. The van der Waals surface area contributed by atoms with Crippen LogP contribution in [0.25, 0.3) is 0 Å². The van der Waals surface area contributed by atoms with Crippen molar-refractivity contribution in [1.29, 1.82) is 0 Å². The van der Waals surface area contributed by atoms with Crippen LogP contribution in [0, 0.1) is 5.92 Å². The maximum Gasteiger partial charge on any atom is 0.308 e. The van der Waals surface area contributed by atoms with Crippen molar-refractivity contribution in [3.8, 4) is 0 Å². The lowest BCUT2D eigenvalue weighted by Crippen LogP contribution is -2.18. The molecule has 0 N–H and O–H groups in total. The summed E-state index contributed by atoms with van der Waals surface area (Å²) < 4.78 is 6.52. The zero-order valence-corrected chi connectivity index (χ0v) is 10.0. The van der Waals surface area contributed by atoms with E-state index in [4.69, 9.17) is 0 Å². The summed E-state index contributed by atoms with van der Waals surface area (Å²) in [7, 11) is 1.33. The highest BCUT2D eigenvalue weighted by molar-refractivity contribution is 5.96. The van der Waals surface area contributed by atoms with Gasteiger partial charge < -0.3 is 9.30 Å². The van der Waals surface area contributed by atoms with Crippen molar-refractivity contribution >= 4 is 11.8 Å². The normalized spacial score (nSPS) is 16.6. The molecule has 0 spiro atoms. The Morgan fingerprint density at radius 2 is 2.29 bits per heavy atom. The van der Waals surface area contributed by atoms with Crippen molar-refractivity contribution in [2.24, 2.45) is 5.92 Å². The summed E-state index contributed by atoms with van der Waals surface area (Å²) in [5, 5.41) is 0. The average molecular weight is 236 g/mol. The molecular formula is C12H16N2O3. The second-order valence-corrected chi connectivity index (χ2v) is 4.47. The van der Waals surface area contributed by atoms with Crippen LogP contribution in [-0.2, 0) is 9.53 Å². The zero-order valence-electron chi connectivity index (χ0n) is 10.0. The second-order valence-electron chi connectivity index (χ2n) is 4.47. The topological polar surface area (TPSA) is 61.2 Å². The van der Waals surface area contributed by atoms with Crippen LogP contribution in [0.4, 0.5) is 0 Å². The lowest BCUT2D eigenvalue weighted by Gasteiger charge is -2.09. The summed E-state index contributed by atoms with van der Waals surface area (Å²) in [5.74, 6) is -0.807. The van der Waals surface area contributed by atoms with E-state index >= 15 is 0 Å². The fourth-order valence-electron chi connectivity index (χ4n) is 1.83. The van der Waals surface area contributed by atoms with Crippen LogP contribution in [0.5, 0.6) is 0 Å². The van der Waals surface area contributed by atoms with E-state index in [1.165, 1.54) is 7.11 Å². The Labute approximate surface area is 99.8 Å². The molecular weight excluding hydrogens is 220 g/mol. The highest BCUT2D eigenvalue weighted by Crippen LogP contribution is 2.35. The molecule has 1 atom stereocenters. The maximum atomic E-state index is 12.0. The van der Waals surface area contributed by atoms with Gasteiger partial charge in [0.25, 0.3) is 0 Å². The number of esters is 1. The van der Waals surface area contributed by atoms with Crippen molar-refractivity contribution in [2.75, 3.05) is 7.11 Å². The Morgan fingerprint density at radius 3 is 2.88 bits per heavy atom. The summed E-state index contributed by atoms with van der Waals surface area (Å²) in [4.78, 5) is 27.3. The number of aromatic nitrogens is 2. The standard InChI is InChI=1S/C12H16N2O3/c1-8(12(16)17-2)5-11(15)10-6-13-7-14(10)9-3-4-9/h6-9H,3-5H2,1-2H3. The van der Waals surface area contributed by atoms with Crippen molar-refractivity contribution in [3.63, 3.8) is 0 Å². The van der Waals surface area contributed by atoms with Gasteiger partial charge in [0.1, 0.15) is 5.69 Å². The molecule has 1 aliphatic carbocycles. The predicted octanol–water partition coefficient (Wildman–Crippen LogP) is 1.60. The first-order valence-electron chi connectivity index (χ1n) is 5.76. The van der Waals surface area contributed by atoms with Crippen LogP contribution >= 0.6 is 0 Å². The Kier molecular flexibility index (Phi) is 3.26. The second kappa shape index (κ2) is 4.69. The number of carbonyl (C=O) groups excluding carboxylic acids is 2. The van der Waals surface area contributed by atoms with Gasteiger partial charge in [-0.05, 0) is 12.8 Å². The van der Waals surface area contributed by atoms with E-state index in [0.717, 1.165) is 12.8 Å². The van der Waals surface area contributed by atoms with Gasteiger partial charge in [0.15, 0.2) is 5.78 Å². The van der Waals surface area contributed by atoms with E-state index in [1.54, 1.807) is 19.4 Å². The summed E-state index contributed by atoms with van der Waals surface area (Å²) in [5.41, 5.74) is 0.600. The number of imidazole rings is 1. The molecule has 1 heterocycles. The van der Waals surface area contributed by atoms with E-state index in [0.29, 0.717) is 11.7 Å². The minimum Gasteiger partial charge on any atom is -0.469 e. The number of ether oxygens (including phenoxy) is 1. The average Bonchev–Trinajstić information content (AvgIpc) is 3.05. The molecule has 1 fully saturated rings. The lowest BCUT2D eigenvalue weighted by atomic mass is 10.0. The quantitative estimate of drug-likeness (QED) is 0.575. The van der Waals surface area contributed by atoms with Crippen LogP contribution in [0.2, 0.25) is 0 Å². The molecule has 5 heteroatoms. The SMILES string of the molecule is COC(=O)C(C)CC(=O)c1cncn1C1CC1. The van der Waals surface area contributed by atoms with Crippen LogP contribution in [0.1, 0.15) is 42.7 Å². The van der Waals surface area contributed by atoms with E-state index in [1.807, 2.05) is 4.57 Å². The summed E-state index contributed by atoms with van der Waals surface area (Å²) in [6, 6.07) is 0.421. The van der Waals surface area contributed by atoms with Crippen LogP contribution in [-0.4, -0.2) is 28.4 Å². The Balaban J connectivity index is 2.04. The monoisotopic (exact) mass is 236 g/mol. The van der Waals surface area contributed by atoms with Gasteiger partial charge in [-0.25, -0.2) is 4.98 Å². The molecule has 1 saturated carbocycles. The smallest absolute Gasteiger partial charge is 0.308 e. The number of Topliss-reactive ketones (excluding diaryl/α,β-unsaturated/α-hetero) is 1. The predicted molar refractivity (Wildman–Crippen MR) is 60.6 cm³/mol. The molecule has 0 aliphatic heterocycles. The summed E-state index contributed by atoms with van der Waals surface area (Å²) in [6.45, 7) is 1.70. The first-order chi connectivity index (χ1) is 8.13. The summed E-state index contributed by atoms with van der Waals surface area (Å²) >= 11 is 0. The number of rotatable bonds is 5. The van der Waals surface area contributed by atoms with Gasteiger partial charge >= 0.3 is 5.97 Å². The number of nitrogens with zero attached hydrogens (tertiary/aromatic N) is 2. The van der Waals surface area contributed by atoms with Crippen LogP contribution in [0.3, 0.4) is 0 Å². The largest absolute Gasteiger partial charge is 0.469 e. The summed E-state index contributed by atoms with van der Waals surface area (Å²) in [6.07, 6.45) is 5.63. The maximum absolute atomic E-state index is 12.0. The van der Waals surface area contributed by atoms with Gasteiger partial charge in [-0.1, -0.05) is 6.92 Å². The molecule has 5 nitrogen and oxygen atoms in total. The van der Waals surface area contributed by atoms with Gasteiger partial charge in [0.05, 0.1) is 25.6 Å². The molecule has 1 unspecified atom stereocenters. The number of methoxy groups -OCH3 is 1. The van der Waals surface area contributed by atoms with Gasteiger partial charge in [0.2, 0.25) is 0 Å².